The monoisotopic (exact) mass is 270 g/mol. The Bertz CT molecular complexity index is 460. The predicted octanol–water partition coefficient (Wildman–Crippen LogP) is 2.34. The molecule has 0 amide bonds. The number of likely N-dealkylation sites (tertiary alicyclic amines) is 1. The van der Waals surface area contributed by atoms with E-state index in [-0.39, 0.29) is 0 Å². The third-order valence-corrected chi connectivity index (χ3v) is 4.38. The molecule has 1 saturated heterocycles. The van der Waals surface area contributed by atoms with Crippen LogP contribution >= 0.6 is 0 Å². The summed E-state index contributed by atoms with van der Waals surface area (Å²) in [6.45, 7) is 3.30. The zero-order valence-electron chi connectivity index (χ0n) is 10.5. The van der Waals surface area contributed by atoms with E-state index in [1.807, 2.05) is 0 Å². The van der Waals surface area contributed by atoms with E-state index in [2.05, 4.69) is 4.90 Å². The second-order valence-corrected chi connectivity index (χ2v) is 5.62. The second-order valence-electron chi connectivity index (χ2n) is 5.62. The predicted molar refractivity (Wildman–Crippen MR) is 66.2 cm³/mol. The van der Waals surface area contributed by atoms with E-state index >= 15 is 0 Å². The van der Waals surface area contributed by atoms with Gasteiger partial charge in [0.1, 0.15) is 0 Å². The van der Waals surface area contributed by atoms with Crippen molar-refractivity contribution < 1.29 is 13.2 Å². The standard InChI is InChI=1S/C14H17F3N2/c15-14(16,17)10-3-1-2-9(4-10)6-19-7-12-11(5-18)13(12)8-19/h1-4,11-13H,5-8,18H2. The maximum absolute atomic E-state index is 12.6. The van der Waals surface area contributed by atoms with Gasteiger partial charge in [-0.15, -0.1) is 0 Å². The van der Waals surface area contributed by atoms with Gasteiger partial charge >= 0.3 is 6.18 Å². The Morgan fingerprint density at radius 3 is 2.47 bits per heavy atom. The fourth-order valence-corrected chi connectivity index (χ4v) is 3.32. The molecule has 0 radical (unpaired) electrons. The molecule has 1 aliphatic heterocycles. The van der Waals surface area contributed by atoms with E-state index in [1.54, 1.807) is 6.07 Å². The molecule has 1 aliphatic carbocycles. The molecule has 2 N–H and O–H groups in total. The number of hydrogen-bond acceptors (Lipinski definition) is 2. The fraction of sp³-hybridized carbons (Fsp3) is 0.571. The summed E-state index contributed by atoms with van der Waals surface area (Å²) in [5.41, 5.74) is 5.82. The first-order valence-electron chi connectivity index (χ1n) is 6.57. The first-order chi connectivity index (χ1) is 8.99. The molecule has 2 atom stereocenters. The van der Waals surface area contributed by atoms with Gasteiger partial charge in [-0.3, -0.25) is 4.90 Å². The number of halogens is 3. The Kier molecular flexibility index (Phi) is 3.06. The van der Waals surface area contributed by atoms with Gasteiger partial charge in [0.15, 0.2) is 0 Å². The number of benzene rings is 1. The molecule has 1 aromatic carbocycles. The Morgan fingerprint density at radius 1 is 1.21 bits per heavy atom. The summed E-state index contributed by atoms with van der Waals surface area (Å²) < 4.78 is 37.9. The van der Waals surface area contributed by atoms with Crippen LogP contribution in [0.15, 0.2) is 24.3 Å². The summed E-state index contributed by atoms with van der Waals surface area (Å²) in [5, 5.41) is 0. The van der Waals surface area contributed by atoms with Crippen LogP contribution in [-0.2, 0) is 12.7 Å². The summed E-state index contributed by atoms with van der Waals surface area (Å²) in [6, 6.07) is 5.62. The van der Waals surface area contributed by atoms with Crippen molar-refractivity contribution in [3.05, 3.63) is 35.4 Å². The molecular weight excluding hydrogens is 253 g/mol. The molecule has 5 heteroatoms. The van der Waals surface area contributed by atoms with Gasteiger partial charge in [0, 0.05) is 19.6 Å². The highest BCUT2D eigenvalue weighted by Gasteiger charge is 2.54. The lowest BCUT2D eigenvalue weighted by atomic mass is 10.1. The third kappa shape index (κ3) is 2.49. The van der Waals surface area contributed by atoms with Gasteiger partial charge in [-0.25, -0.2) is 0 Å². The largest absolute Gasteiger partial charge is 0.416 e. The van der Waals surface area contributed by atoms with Crippen molar-refractivity contribution in [1.82, 2.24) is 4.90 Å². The van der Waals surface area contributed by atoms with Crippen LogP contribution in [0.3, 0.4) is 0 Å². The van der Waals surface area contributed by atoms with Crippen LogP contribution in [0.4, 0.5) is 13.2 Å². The van der Waals surface area contributed by atoms with Crippen molar-refractivity contribution in [1.29, 1.82) is 0 Å². The van der Waals surface area contributed by atoms with Gasteiger partial charge in [-0.2, -0.15) is 13.2 Å². The lowest BCUT2D eigenvalue weighted by Gasteiger charge is -2.19. The normalized spacial score (nSPS) is 30.4. The highest BCUT2D eigenvalue weighted by molar-refractivity contribution is 5.26. The lowest BCUT2D eigenvalue weighted by Crippen LogP contribution is -2.25. The minimum atomic E-state index is -4.26. The van der Waals surface area contributed by atoms with Gasteiger partial charge in [-0.05, 0) is 35.9 Å². The molecule has 1 heterocycles. The summed E-state index contributed by atoms with van der Waals surface area (Å²) in [5.74, 6) is 2.00. The zero-order chi connectivity index (χ0) is 13.6. The van der Waals surface area contributed by atoms with Crippen molar-refractivity contribution in [3.8, 4) is 0 Å². The minimum absolute atomic E-state index is 0.561. The van der Waals surface area contributed by atoms with Crippen LogP contribution in [-0.4, -0.2) is 24.5 Å². The molecule has 2 fully saturated rings. The van der Waals surface area contributed by atoms with E-state index in [0.29, 0.717) is 24.3 Å². The Morgan fingerprint density at radius 2 is 1.89 bits per heavy atom. The van der Waals surface area contributed by atoms with Gasteiger partial charge < -0.3 is 5.73 Å². The Hall–Kier alpha value is -1.07. The molecule has 0 aromatic heterocycles. The number of nitrogens with two attached hydrogens (primary N) is 1. The molecular formula is C14H17F3N2. The van der Waals surface area contributed by atoms with Crippen LogP contribution in [0.2, 0.25) is 0 Å². The molecule has 1 saturated carbocycles. The molecule has 19 heavy (non-hydrogen) atoms. The smallest absolute Gasteiger partial charge is 0.330 e. The summed E-state index contributed by atoms with van der Waals surface area (Å²) >= 11 is 0. The number of fused-ring (bicyclic) bond motifs is 1. The highest BCUT2D eigenvalue weighted by Crippen LogP contribution is 2.51. The van der Waals surface area contributed by atoms with Gasteiger partial charge in [-0.1, -0.05) is 18.2 Å². The number of hydrogen-bond donors (Lipinski definition) is 1. The molecule has 3 rings (SSSR count). The maximum atomic E-state index is 12.6. The van der Waals surface area contributed by atoms with E-state index in [4.69, 9.17) is 5.73 Å². The van der Waals surface area contributed by atoms with Gasteiger partial charge in [0.25, 0.3) is 0 Å². The molecule has 1 aromatic rings. The number of nitrogens with zero attached hydrogens (tertiary/aromatic N) is 1. The summed E-state index contributed by atoms with van der Waals surface area (Å²) in [7, 11) is 0. The fourth-order valence-electron chi connectivity index (χ4n) is 3.32. The van der Waals surface area contributed by atoms with Crippen molar-refractivity contribution >= 4 is 0 Å². The van der Waals surface area contributed by atoms with E-state index < -0.39 is 11.7 Å². The number of alkyl halides is 3. The second kappa shape index (κ2) is 4.49. The van der Waals surface area contributed by atoms with Crippen molar-refractivity contribution in [3.63, 3.8) is 0 Å². The van der Waals surface area contributed by atoms with Crippen LogP contribution in [0.1, 0.15) is 11.1 Å². The minimum Gasteiger partial charge on any atom is -0.330 e. The molecule has 2 aliphatic rings. The Labute approximate surface area is 110 Å². The number of piperidine rings is 1. The Balaban J connectivity index is 1.63. The molecule has 2 nitrogen and oxygen atoms in total. The van der Waals surface area contributed by atoms with E-state index in [9.17, 15) is 13.2 Å². The third-order valence-electron chi connectivity index (χ3n) is 4.38. The first-order valence-corrected chi connectivity index (χ1v) is 6.57. The average Bonchev–Trinajstić information content (AvgIpc) is 2.83. The topological polar surface area (TPSA) is 29.3 Å². The first kappa shape index (κ1) is 12.9. The molecule has 104 valence electrons. The lowest BCUT2D eigenvalue weighted by molar-refractivity contribution is -0.137. The summed E-state index contributed by atoms with van der Waals surface area (Å²) in [4.78, 5) is 2.23. The van der Waals surface area contributed by atoms with Crippen molar-refractivity contribution in [2.75, 3.05) is 19.6 Å². The SMILES string of the molecule is NCC1C2CN(Cc3cccc(C(F)(F)F)c3)CC12. The van der Waals surface area contributed by atoms with E-state index in [1.165, 1.54) is 12.1 Å². The van der Waals surface area contributed by atoms with Crippen LogP contribution in [0, 0.1) is 17.8 Å². The van der Waals surface area contributed by atoms with Crippen LogP contribution in [0.5, 0.6) is 0 Å². The van der Waals surface area contributed by atoms with Crippen LogP contribution in [0.25, 0.3) is 0 Å². The zero-order valence-corrected chi connectivity index (χ0v) is 10.5. The quantitative estimate of drug-likeness (QED) is 0.913. The molecule has 2 unspecified atom stereocenters. The average molecular weight is 270 g/mol. The van der Waals surface area contributed by atoms with Crippen molar-refractivity contribution in [2.24, 2.45) is 23.5 Å². The summed E-state index contributed by atoms with van der Waals surface area (Å²) in [6.07, 6.45) is -4.26. The number of rotatable bonds is 3. The van der Waals surface area contributed by atoms with E-state index in [0.717, 1.165) is 31.3 Å². The molecule has 0 bridgehead atoms. The van der Waals surface area contributed by atoms with Crippen LogP contribution < -0.4 is 5.73 Å². The maximum Gasteiger partial charge on any atom is 0.416 e. The van der Waals surface area contributed by atoms with Gasteiger partial charge in [0.2, 0.25) is 0 Å². The molecule has 0 spiro atoms. The van der Waals surface area contributed by atoms with Crippen molar-refractivity contribution in [2.45, 2.75) is 12.7 Å². The van der Waals surface area contributed by atoms with Gasteiger partial charge in [0.05, 0.1) is 5.56 Å². The highest BCUT2D eigenvalue weighted by atomic mass is 19.4.